The van der Waals surface area contributed by atoms with Gasteiger partial charge in [-0.1, -0.05) is 142 Å². The van der Waals surface area contributed by atoms with Crippen molar-refractivity contribution >= 4 is 12.0 Å². The van der Waals surface area contributed by atoms with E-state index in [-0.39, 0.29) is 16.7 Å². The summed E-state index contributed by atoms with van der Waals surface area (Å²) in [5.74, 6) is 2.97. The van der Waals surface area contributed by atoms with Gasteiger partial charge in [-0.25, -0.2) is 0 Å². The van der Waals surface area contributed by atoms with Crippen LogP contribution in [-0.4, -0.2) is 17.1 Å². The summed E-state index contributed by atoms with van der Waals surface area (Å²) in [7, 11) is 0. The van der Waals surface area contributed by atoms with E-state index in [1.54, 1.807) is 16.7 Å². The third-order valence-electron chi connectivity index (χ3n) is 13.7. The van der Waals surface area contributed by atoms with E-state index >= 15 is 0 Å². The molecule has 1 saturated carbocycles. The summed E-state index contributed by atoms with van der Waals surface area (Å²) in [6.45, 7) is 19.8. The second kappa shape index (κ2) is 15.4. The smallest absolute Gasteiger partial charge is 0.220 e. The van der Waals surface area contributed by atoms with E-state index in [1.807, 2.05) is 0 Å². The predicted octanol–water partition coefficient (Wildman–Crippen LogP) is 11.8. The Morgan fingerprint density at radius 1 is 0.958 bits per heavy atom. The molecule has 1 aromatic rings. The van der Waals surface area contributed by atoms with Crippen molar-refractivity contribution in [2.24, 2.45) is 39.9 Å². The van der Waals surface area contributed by atoms with E-state index in [9.17, 15) is 9.90 Å². The zero-order chi connectivity index (χ0) is 34.7. The lowest BCUT2D eigenvalue weighted by atomic mass is 9.45. The Kier molecular flexibility index (Phi) is 11.9. The third-order valence-corrected chi connectivity index (χ3v) is 13.7. The number of amides is 1. The molecule has 0 radical (unpaired) electrons. The number of fused-ring (bicyclic) bond motifs is 4. The van der Waals surface area contributed by atoms with Crippen LogP contribution in [0.15, 0.2) is 52.6 Å². The van der Waals surface area contributed by atoms with Crippen LogP contribution in [0.25, 0.3) is 6.08 Å². The topological polar surface area (TPSA) is 49.3 Å². The zero-order valence-corrected chi connectivity index (χ0v) is 32.0. The Labute approximate surface area is 294 Å². The average molecular weight is 656 g/mol. The van der Waals surface area contributed by atoms with Crippen molar-refractivity contribution in [2.75, 3.05) is 0 Å². The van der Waals surface area contributed by atoms with Gasteiger partial charge in [0.25, 0.3) is 0 Å². The summed E-state index contributed by atoms with van der Waals surface area (Å²) < 4.78 is 0. The highest BCUT2D eigenvalue weighted by Crippen LogP contribution is 2.67. The first-order chi connectivity index (χ1) is 22.8. The summed E-state index contributed by atoms with van der Waals surface area (Å²) in [6.07, 6.45) is 22.0. The molecule has 1 amide bonds. The first-order valence-corrected chi connectivity index (χ1v) is 20.0. The number of hydrogen-bond donors (Lipinski definition) is 2. The van der Waals surface area contributed by atoms with Crippen molar-refractivity contribution < 1.29 is 9.90 Å². The van der Waals surface area contributed by atoms with Gasteiger partial charge in [0.2, 0.25) is 5.91 Å². The molecule has 0 aliphatic heterocycles. The predicted molar refractivity (Wildman–Crippen MR) is 203 cm³/mol. The number of nitrogens with one attached hydrogen (secondary N) is 1. The highest BCUT2D eigenvalue weighted by molar-refractivity contribution is 5.75. The maximum atomic E-state index is 12.3. The maximum Gasteiger partial charge on any atom is 0.220 e. The summed E-state index contributed by atoms with van der Waals surface area (Å²) in [5.41, 5.74) is 8.79. The van der Waals surface area contributed by atoms with Crippen molar-refractivity contribution in [1.29, 1.82) is 0 Å². The number of rotatable bonds is 14. The normalized spacial score (nSPS) is 30.9. The first kappa shape index (κ1) is 37.1. The number of aliphatic hydroxyl groups is 1. The summed E-state index contributed by atoms with van der Waals surface area (Å²) in [6, 6.07) is 8.59. The highest BCUT2D eigenvalue weighted by Gasteiger charge is 2.58. The molecular weight excluding hydrogens is 587 g/mol. The van der Waals surface area contributed by atoms with E-state index in [0.717, 1.165) is 48.1 Å². The van der Waals surface area contributed by atoms with Crippen molar-refractivity contribution in [3.8, 4) is 0 Å². The fourth-order valence-electron chi connectivity index (χ4n) is 10.9. The highest BCUT2D eigenvalue weighted by atomic mass is 16.3. The molecule has 1 aromatic carbocycles. The molecule has 3 heteroatoms. The van der Waals surface area contributed by atoms with Gasteiger partial charge < -0.3 is 10.4 Å². The summed E-state index contributed by atoms with van der Waals surface area (Å²) in [5, 5.41) is 15.0. The molecule has 266 valence electrons. The number of benzene rings is 1. The van der Waals surface area contributed by atoms with Crippen LogP contribution in [0, 0.1) is 39.9 Å². The second-order valence-corrected chi connectivity index (χ2v) is 17.9. The fourth-order valence-corrected chi connectivity index (χ4v) is 10.9. The number of carbonyl (C=O) groups excluding carboxylic acids is 1. The maximum absolute atomic E-state index is 12.3. The van der Waals surface area contributed by atoms with E-state index in [2.05, 4.69) is 97.1 Å². The number of hydrogen-bond acceptors (Lipinski definition) is 2. The van der Waals surface area contributed by atoms with Crippen LogP contribution in [0.3, 0.4) is 0 Å². The molecule has 1 unspecified atom stereocenters. The monoisotopic (exact) mass is 656 g/mol. The molecule has 0 spiro atoms. The Hall–Kier alpha value is -2.13. The molecular formula is C45H69NO2. The lowest BCUT2D eigenvalue weighted by Crippen LogP contribution is -2.54. The molecule has 1 fully saturated rings. The van der Waals surface area contributed by atoms with Gasteiger partial charge in [-0.15, -0.1) is 0 Å². The minimum atomic E-state index is -0.440. The van der Waals surface area contributed by atoms with Gasteiger partial charge in [-0.05, 0) is 113 Å². The summed E-state index contributed by atoms with van der Waals surface area (Å²) in [4.78, 5) is 12.3. The molecule has 3 nitrogen and oxygen atoms in total. The van der Waals surface area contributed by atoms with E-state index in [1.165, 1.54) is 76.2 Å². The number of allylic oxidation sites excluding steroid dienone is 4. The molecule has 4 aliphatic rings. The molecule has 5 rings (SSSR count). The van der Waals surface area contributed by atoms with E-state index in [4.69, 9.17) is 0 Å². The lowest BCUT2D eigenvalue weighted by Gasteiger charge is -2.60. The Balaban J connectivity index is 1.30. The van der Waals surface area contributed by atoms with Crippen LogP contribution in [-0.2, 0) is 11.3 Å². The van der Waals surface area contributed by atoms with Crippen LogP contribution < -0.4 is 5.32 Å². The Bertz CT molecular complexity index is 1360. The van der Waals surface area contributed by atoms with E-state index < -0.39 is 6.10 Å². The Morgan fingerprint density at radius 3 is 2.40 bits per heavy atom. The quantitative estimate of drug-likeness (QED) is 0.196. The van der Waals surface area contributed by atoms with Gasteiger partial charge in [0.15, 0.2) is 0 Å². The molecule has 0 saturated heterocycles. The average Bonchev–Trinajstić information content (AvgIpc) is 3.40. The third kappa shape index (κ3) is 7.62. The minimum absolute atomic E-state index is 0.0754. The molecule has 0 aromatic heterocycles. The van der Waals surface area contributed by atoms with Gasteiger partial charge in [0.1, 0.15) is 0 Å². The molecule has 2 N–H and O–H groups in total. The van der Waals surface area contributed by atoms with Crippen molar-refractivity contribution in [3.63, 3.8) is 0 Å². The molecule has 4 aliphatic carbocycles. The number of aliphatic hydroxyl groups excluding tert-OH is 1. The van der Waals surface area contributed by atoms with Crippen LogP contribution in [0.1, 0.15) is 163 Å². The Morgan fingerprint density at radius 2 is 1.69 bits per heavy atom. The van der Waals surface area contributed by atoms with Crippen LogP contribution in [0.5, 0.6) is 0 Å². The largest absolute Gasteiger partial charge is 0.388 e. The fraction of sp³-hybridized carbons (Fsp3) is 0.711. The van der Waals surface area contributed by atoms with Crippen molar-refractivity contribution in [3.05, 3.63) is 63.8 Å². The van der Waals surface area contributed by atoms with E-state index in [0.29, 0.717) is 24.3 Å². The number of carbonyl (C=O) groups is 1. The van der Waals surface area contributed by atoms with Crippen LogP contribution >= 0.6 is 0 Å². The summed E-state index contributed by atoms with van der Waals surface area (Å²) >= 11 is 0. The van der Waals surface area contributed by atoms with Gasteiger partial charge in [-0.3, -0.25) is 4.79 Å². The van der Waals surface area contributed by atoms with Crippen molar-refractivity contribution in [2.45, 2.75) is 164 Å². The molecule has 0 heterocycles. The standard InChI is InChI=1S/C45H69NO2/c1-9-10-11-12-13-17-41(47)46-30-34-20-18-33(19-21-34)28-35-29-45(8)39-26-27-44(7)37(32(4)16-14-15-31(2)3)23-24-38(44)36(39)22-25-40(45)43(5,6)42(35)48/h18-21,24,28,31-32,37,40,42,48H,9-17,22-23,25-27,29-30H2,1-8H3,(H,46,47)/t32-,37-,40+,42?,44-,45-/m1/s1. The van der Waals surface area contributed by atoms with Crippen molar-refractivity contribution in [1.82, 2.24) is 5.32 Å². The van der Waals surface area contributed by atoms with Crippen LogP contribution in [0.2, 0.25) is 0 Å². The first-order valence-electron chi connectivity index (χ1n) is 20.0. The van der Waals surface area contributed by atoms with Gasteiger partial charge in [-0.2, -0.15) is 0 Å². The number of unbranched alkanes of at least 4 members (excludes halogenated alkanes) is 4. The SMILES string of the molecule is CCCCCCCC(=O)NCc1ccc(C=C2C[C@]3(C)C4=C(CC[C@H]3C(C)(C)C2O)C2=CC[C@H]([C@H](C)CCCC(C)C)[C@@]2(C)CC4)cc1. The molecule has 48 heavy (non-hydrogen) atoms. The minimum Gasteiger partial charge on any atom is -0.388 e. The lowest BCUT2D eigenvalue weighted by molar-refractivity contribution is -0.121. The van der Waals surface area contributed by atoms with Gasteiger partial charge >= 0.3 is 0 Å². The van der Waals surface area contributed by atoms with Gasteiger partial charge in [0, 0.05) is 13.0 Å². The van der Waals surface area contributed by atoms with Gasteiger partial charge in [0.05, 0.1) is 6.10 Å². The zero-order valence-electron chi connectivity index (χ0n) is 32.0. The van der Waals surface area contributed by atoms with Crippen LogP contribution in [0.4, 0.5) is 0 Å². The second-order valence-electron chi connectivity index (χ2n) is 17.9. The molecule has 6 atom stereocenters. The molecule has 0 bridgehead atoms.